The van der Waals surface area contributed by atoms with Crippen molar-refractivity contribution in [1.82, 2.24) is 25.3 Å². The summed E-state index contributed by atoms with van der Waals surface area (Å²) >= 11 is 0. The molecule has 1 saturated heterocycles. The van der Waals surface area contributed by atoms with E-state index < -0.39 is 0 Å². The molecule has 9 heteroatoms. The van der Waals surface area contributed by atoms with Crippen LogP contribution >= 0.6 is 12.4 Å². The van der Waals surface area contributed by atoms with Gasteiger partial charge in [0.05, 0.1) is 17.9 Å². The molecule has 1 aliphatic rings. The Balaban J connectivity index is 0.00000225. The lowest BCUT2D eigenvalue weighted by Crippen LogP contribution is -2.29. The maximum Gasteiger partial charge on any atom is 0.277 e. The SMILES string of the molecule is Cc1coc(-c2ccc(C)c(NC(=O)c3cn(C4CCNCC4)nn3)c2)n1.Cl. The van der Waals surface area contributed by atoms with Gasteiger partial charge in [0.1, 0.15) is 6.26 Å². The zero-order valence-corrected chi connectivity index (χ0v) is 16.6. The monoisotopic (exact) mass is 402 g/mol. The fourth-order valence-electron chi connectivity index (χ4n) is 3.19. The summed E-state index contributed by atoms with van der Waals surface area (Å²) in [6, 6.07) is 5.99. The molecule has 148 valence electrons. The lowest BCUT2D eigenvalue weighted by atomic mass is 10.1. The third-order valence-corrected chi connectivity index (χ3v) is 4.78. The number of piperidine rings is 1. The number of hydrogen-bond donors (Lipinski definition) is 2. The lowest BCUT2D eigenvalue weighted by Gasteiger charge is -2.22. The van der Waals surface area contributed by atoms with Crippen LogP contribution in [0.3, 0.4) is 0 Å². The molecule has 4 rings (SSSR count). The topological polar surface area (TPSA) is 97.9 Å². The van der Waals surface area contributed by atoms with Gasteiger partial charge in [0, 0.05) is 11.3 Å². The van der Waals surface area contributed by atoms with Gasteiger partial charge in [-0.3, -0.25) is 4.79 Å². The standard InChI is InChI=1S/C19H22N6O2.ClH/c1-12-3-4-14(19-21-13(2)11-27-19)9-16(12)22-18(26)17-10-25(24-23-17)15-5-7-20-8-6-15;/h3-4,9-11,15,20H,5-8H2,1-2H3,(H,22,26);1H. The number of oxazole rings is 1. The van der Waals surface area contributed by atoms with Gasteiger partial charge in [-0.2, -0.15) is 0 Å². The van der Waals surface area contributed by atoms with Crippen LogP contribution in [0, 0.1) is 13.8 Å². The summed E-state index contributed by atoms with van der Waals surface area (Å²) in [5.41, 5.74) is 3.57. The summed E-state index contributed by atoms with van der Waals surface area (Å²) in [4.78, 5) is 17.0. The number of amides is 1. The highest BCUT2D eigenvalue weighted by molar-refractivity contribution is 6.03. The van der Waals surface area contributed by atoms with Crippen molar-refractivity contribution in [3.05, 3.63) is 47.6 Å². The smallest absolute Gasteiger partial charge is 0.277 e. The summed E-state index contributed by atoms with van der Waals surface area (Å²) < 4.78 is 7.25. The molecular weight excluding hydrogens is 380 g/mol. The average molecular weight is 403 g/mol. The number of rotatable bonds is 4. The number of aryl methyl sites for hydroxylation is 2. The van der Waals surface area contributed by atoms with Gasteiger partial charge in [0.25, 0.3) is 5.91 Å². The molecule has 1 aliphatic heterocycles. The van der Waals surface area contributed by atoms with Crippen molar-refractivity contribution in [3.63, 3.8) is 0 Å². The molecule has 1 fully saturated rings. The Morgan fingerprint density at radius 1 is 1.29 bits per heavy atom. The molecule has 3 aromatic rings. The Morgan fingerprint density at radius 2 is 2.07 bits per heavy atom. The number of nitrogens with zero attached hydrogens (tertiary/aromatic N) is 4. The largest absolute Gasteiger partial charge is 0.444 e. The van der Waals surface area contributed by atoms with Crippen LogP contribution in [0.15, 0.2) is 35.1 Å². The third-order valence-electron chi connectivity index (χ3n) is 4.78. The Hall–Kier alpha value is -2.71. The molecule has 0 bridgehead atoms. The van der Waals surface area contributed by atoms with Gasteiger partial charge in [-0.05, 0) is 57.5 Å². The van der Waals surface area contributed by atoms with E-state index in [4.69, 9.17) is 4.42 Å². The van der Waals surface area contributed by atoms with E-state index in [0.29, 0.717) is 23.3 Å². The van der Waals surface area contributed by atoms with Gasteiger partial charge < -0.3 is 15.1 Å². The fourth-order valence-corrected chi connectivity index (χ4v) is 3.19. The summed E-state index contributed by atoms with van der Waals surface area (Å²) in [5.74, 6) is 0.249. The predicted octanol–water partition coefficient (Wildman–Crippen LogP) is 3.15. The molecule has 2 N–H and O–H groups in total. The van der Waals surface area contributed by atoms with Gasteiger partial charge in [-0.1, -0.05) is 11.3 Å². The van der Waals surface area contributed by atoms with E-state index >= 15 is 0 Å². The first kappa shape index (κ1) is 20.0. The number of halogens is 1. The molecule has 0 atom stereocenters. The van der Waals surface area contributed by atoms with Crippen LogP contribution in [0.2, 0.25) is 0 Å². The second kappa shape index (κ2) is 8.53. The average Bonchev–Trinajstić information content (AvgIpc) is 3.34. The van der Waals surface area contributed by atoms with Crippen LogP contribution in [0.1, 0.15) is 40.6 Å². The van der Waals surface area contributed by atoms with Crippen molar-refractivity contribution in [2.45, 2.75) is 32.7 Å². The molecule has 0 saturated carbocycles. The van der Waals surface area contributed by atoms with Crippen molar-refractivity contribution >= 4 is 24.0 Å². The van der Waals surface area contributed by atoms with Crippen molar-refractivity contribution < 1.29 is 9.21 Å². The van der Waals surface area contributed by atoms with Crippen molar-refractivity contribution in [3.8, 4) is 11.5 Å². The van der Waals surface area contributed by atoms with Crippen LogP contribution in [-0.2, 0) is 0 Å². The summed E-state index contributed by atoms with van der Waals surface area (Å²) in [6.07, 6.45) is 5.30. The summed E-state index contributed by atoms with van der Waals surface area (Å²) in [6.45, 7) is 5.72. The first-order valence-corrected chi connectivity index (χ1v) is 9.07. The highest BCUT2D eigenvalue weighted by Gasteiger charge is 2.19. The Kier molecular flexibility index (Phi) is 6.11. The Morgan fingerprint density at radius 3 is 2.79 bits per heavy atom. The van der Waals surface area contributed by atoms with Crippen molar-refractivity contribution in [1.29, 1.82) is 0 Å². The predicted molar refractivity (Wildman–Crippen MR) is 108 cm³/mol. The molecule has 0 unspecified atom stereocenters. The zero-order valence-electron chi connectivity index (χ0n) is 15.8. The second-order valence-corrected chi connectivity index (χ2v) is 6.84. The Labute approximate surface area is 169 Å². The van der Waals surface area contributed by atoms with Crippen LogP contribution in [0.5, 0.6) is 0 Å². The minimum atomic E-state index is -0.279. The second-order valence-electron chi connectivity index (χ2n) is 6.84. The van der Waals surface area contributed by atoms with E-state index in [-0.39, 0.29) is 18.3 Å². The van der Waals surface area contributed by atoms with Crippen LogP contribution in [0.25, 0.3) is 11.5 Å². The Bertz CT molecular complexity index is 961. The number of carbonyl (C=O) groups excluding carboxylic acids is 1. The number of benzene rings is 1. The number of hydrogen-bond acceptors (Lipinski definition) is 6. The first-order chi connectivity index (χ1) is 13.1. The molecule has 3 heterocycles. The highest BCUT2D eigenvalue weighted by atomic mass is 35.5. The van der Waals surface area contributed by atoms with Gasteiger partial charge in [0.2, 0.25) is 5.89 Å². The number of aromatic nitrogens is 4. The van der Waals surface area contributed by atoms with E-state index in [1.165, 1.54) is 0 Å². The molecule has 0 radical (unpaired) electrons. The van der Waals surface area contributed by atoms with E-state index in [1.807, 2.05) is 32.0 Å². The van der Waals surface area contributed by atoms with Crippen molar-refractivity contribution in [2.24, 2.45) is 0 Å². The van der Waals surface area contributed by atoms with Gasteiger partial charge in [0.15, 0.2) is 5.69 Å². The summed E-state index contributed by atoms with van der Waals surface area (Å²) in [7, 11) is 0. The maximum atomic E-state index is 12.6. The minimum absolute atomic E-state index is 0. The molecular formula is C19H23ClN6O2. The van der Waals surface area contributed by atoms with Crippen LogP contribution < -0.4 is 10.6 Å². The number of carbonyl (C=O) groups is 1. The first-order valence-electron chi connectivity index (χ1n) is 9.07. The van der Waals surface area contributed by atoms with E-state index in [2.05, 4.69) is 25.9 Å². The van der Waals surface area contributed by atoms with E-state index in [1.54, 1.807) is 17.1 Å². The number of nitrogens with one attached hydrogen (secondary N) is 2. The van der Waals surface area contributed by atoms with Gasteiger partial charge in [-0.25, -0.2) is 9.67 Å². The van der Waals surface area contributed by atoms with Crippen molar-refractivity contribution in [2.75, 3.05) is 18.4 Å². The molecule has 28 heavy (non-hydrogen) atoms. The van der Waals surface area contributed by atoms with Gasteiger partial charge >= 0.3 is 0 Å². The number of anilines is 1. The molecule has 8 nitrogen and oxygen atoms in total. The molecule has 2 aromatic heterocycles. The van der Waals surface area contributed by atoms with Crippen LogP contribution in [0.4, 0.5) is 5.69 Å². The lowest BCUT2D eigenvalue weighted by molar-refractivity contribution is 0.102. The summed E-state index contributed by atoms with van der Waals surface area (Å²) in [5, 5.41) is 14.4. The molecule has 0 aliphatic carbocycles. The van der Waals surface area contributed by atoms with Crippen LogP contribution in [-0.4, -0.2) is 39.0 Å². The fraction of sp³-hybridized carbons (Fsp3) is 0.368. The van der Waals surface area contributed by atoms with E-state index in [9.17, 15) is 4.79 Å². The quantitative estimate of drug-likeness (QED) is 0.695. The normalized spacial score (nSPS) is 14.5. The third kappa shape index (κ3) is 4.23. The molecule has 0 spiro atoms. The minimum Gasteiger partial charge on any atom is -0.444 e. The molecule has 1 amide bonds. The zero-order chi connectivity index (χ0) is 18.8. The maximum absolute atomic E-state index is 12.6. The highest BCUT2D eigenvalue weighted by Crippen LogP contribution is 2.25. The van der Waals surface area contributed by atoms with E-state index in [0.717, 1.165) is 42.8 Å². The molecule has 1 aromatic carbocycles. The van der Waals surface area contributed by atoms with Gasteiger partial charge in [-0.15, -0.1) is 17.5 Å².